The second-order valence-electron chi connectivity index (χ2n) is 3.74. The minimum atomic E-state index is 0.457. The van der Waals surface area contributed by atoms with Gasteiger partial charge < -0.3 is 11.1 Å². The highest BCUT2D eigenvalue weighted by atomic mass is 32.2. The fourth-order valence-electron chi connectivity index (χ4n) is 1.41. The topological polar surface area (TPSA) is 38.0 Å². The zero-order valence-corrected chi connectivity index (χ0v) is 10.5. The van der Waals surface area contributed by atoms with Crippen LogP contribution in [-0.4, -0.2) is 17.5 Å². The van der Waals surface area contributed by atoms with Crippen LogP contribution in [-0.2, 0) is 0 Å². The van der Waals surface area contributed by atoms with Gasteiger partial charge in [-0.3, -0.25) is 0 Å². The monoisotopic (exact) mass is 224 g/mol. The number of benzene rings is 1. The quantitative estimate of drug-likeness (QED) is 0.755. The van der Waals surface area contributed by atoms with Crippen LogP contribution >= 0.6 is 11.8 Å². The molecule has 0 saturated heterocycles. The van der Waals surface area contributed by atoms with Gasteiger partial charge in [0.2, 0.25) is 0 Å². The molecule has 1 aromatic rings. The SMILES string of the molecule is CCSCC(C)Nc1cccc(C)c1N. The van der Waals surface area contributed by atoms with Crippen molar-refractivity contribution in [2.24, 2.45) is 0 Å². The number of nitrogens with one attached hydrogen (secondary N) is 1. The Morgan fingerprint density at radius 3 is 2.87 bits per heavy atom. The van der Waals surface area contributed by atoms with Gasteiger partial charge in [-0.05, 0) is 31.2 Å². The Hall–Kier alpha value is -0.830. The molecular weight excluding hydrogens is 204 g/mol. The zero-order valence-electron chi connectivity index (χ0n) is 9.71. The number of hydrogen-bond donors (Lipinski definition) is 2. The summed E-state index contributed by atoms with van der Waals surface area (Å²) in [6.07, 6.45) is 0. The molecule has 0 aromatic heterocycles. The third kappa shape index (κ3) is 3.67. The third-order valence-electron chi connectivity index (χ3n) is 2.30. The van der Waals surface area contributed by atoms with E-state index in [0.717, 1.165) is 28.4 Å². The first-order valence-corrected chi connectivity index (χ1v) is 6.50. The summed E-state index contributed by atoms with van der Waals surface area (Å²) in [5.41, 5.74) is 9.05. The predicted molar refractivity (Wildman–Crippen MR) is 71.7 cm³/mol. The number of nitrogen functional groups attached to an aromatic ring is 1. The van der Waals surface area contributed by atoms with Crippen molar-refractivity contribution in [1.29, 1.82) is 0 Å². The summed E-state index contributed by atoms with van der Waals surface area (Å²) in [5.74, 6) is 2.28. The first-order chi connectivity index (χ1) is 7.15. The molecule has 0 aliphatic carbocycles. The number of para-hydroxylation sites is 1. The molecule has 0 amide bonds. The Balaban J connectivity index is 2.60. The predicted octanol–water partition coefficient (Wildman–Crippen LogP) is 3.13. The van der Waals surface area contributed by atoms with E-state index in [2.05, 4.69) is 19.2 Å². The van der Waals surface area contributed by atoms with E-state index in [-0.39, 0.29) is 0 Å². The summed E-state index contributed by atoms with van der Waals surface area (Å²) >= 11 is 1.94. The summed E-state index contributed by atoms with van der Waals surface area (Å²) in [7, 11) is 0. The van der Waals surface area contributed by atoms with Gasteiger partial charge in [-0.15, -0.1) is 0 Å². The van der Waals surface area contributed by atoms with Crippen molar-refractivity contribution in [2.45, 2.75) is 26.8 Å². The number of nitrogens with two attached hydrogens (primary N) is 1. The Bertz CT molecular complexity index is 312. The lowest BCUT2D eigenvalue weighted by molar-refractivity contribution is 0.913. The molecule has 1 rings (SSSR count). The summed E-state index contributed by atoms with van der Waals surface area (Å²) in [4.78, 5) is 0. The Morgan fingerprint density at radius 2 is 2.20 bits per heavy atom. The molecule has 15 heavy (non-hydrogen) atoms. The van der Waals surface area contributed by atoms with E-state index in [9.17, 15) is 0 Å². The first-order valence-electron chi connectivity index (χ1n) is 5.34. The molecule has 84 valence electrons. The highest BCUT2D eigenvalue weighted by Crippen LogP contribution is 2.22. The van der Waals surface area contributed by atoms with Crippen LogP contribution in [0.4, 0.5) is 11.4 Å². The van der Waals surface area contributed by atoms with Crippen LogP contribution in [0.2, 0.25) is 0 Å². The summed E-state index contributed by atoms with van der Waals surface area (Å²) < 4.78 is 0. The van der Waals surface area contributed by atoms with E-state index in [1.165, 1.54) is 0 Å². The van der Waals surface area contributed by atoms with Crippen LogP contribution in [0.15, 0.2) is 18.2 Å². The molecule has 3 N–H and O–H groups in total. The lowest BCUT2D eigenvalue weighted by Gasteiger charge is -2.17. The van der Waals surface area contributed by atoms with Crippen molar-refractivity contribution in [2.75, 3.05) is 22.6 Å². The summed E-state index contributed by atoms with van der Waals surface area (Å²) in [5, 5.41) is 3.44. The molecular formula is C12H20N2S. The van der Waals surface area contributed by atoms with E-state index >= 15 is 0 Å². The van der Waals surface area contributed by atoms with E-state index in [0.29, 0.717) is 6.04 Å². The molecule has 2 nitrogen and oxygen atoms in total. The number of thioether (sulfide) groups is 1. The van der Waals surface area contributed by atoms with Crippen molar-refractivity contribution >= 4 is 23.1 Å². The summed E-state index contributed by atoms with van der Waals surface area (Å²) in [6, 6.07) is 6.56. The van der Waals surface area contributed by atoms with Crippen LogP contribution in [0, 0.1) is 6.92 Å². The fraction of sp³-hybridized carbons (Fsp3) is 0.500. The molecule has 0 bridgehead atoms. The second-order valence-corrected chi connectivity index (χ2v) is 5.06. The molecule has 0 aliphatic heterocycles. The van der Waals surface area contributed by atoms with E-state index in [4.69, 9.17) is 5.73 Å². The van der Waals surface area contributed by atoms with Crippen LogP contribution in [0.25, 0.3) is 0 Å². The number of hydrogen-bond acceptors (Lipinski definition) is 3. The molecule has 1 atom stereocenters. The van der Waals surface area contributed by atoms with Crippen LogP contribution < -0.4 is 11.1 Å². The van der Waals surface area contributed by atoms with Crippen LogP contribution in [0.5, 0.6) is 0 Å². The van der Waals surface area contributed by atoms with E-state index in [1.807, 2.05) is 36.9 Å². The highest BCUT2D eigenvalue weighted by Gasteiger charge is 2.05. The second kappa shape index (κ2) is 5.91. The van der Waals surface area contributed by atoms with Gasteiger partial charge in [0.15, 0.2) is 0 Å². The van der Waals surface area contributed by atoms with Crippen LogP contribution in [0.3, 0.4) is 0 Å². The van der Waals surface area contributed by atoms with Crippen molar-refractivity contribution in [3.63, 3.8) is 0 Å². The molecule has 1 aromatic carbocycles. The number of rotatable bonds is 5. The molecule has 1 unspecified atom stereocenters. The molecule has 0 spiro atoms. The van der Waals surface area contributed by atoms with E-state index < -0.39 is 0 Å². The number of anilines is 2. The maximum atomic E-state index is 5.99. The highest BCUT2D eigenvalue weighted by molar-refractivity contribution is 7.99. The average Bonchev–Trinajstić information content (AvgIpc) is 2.22. The van der Waals surface area contributed by atoms with Crippen molar-refractivity contribution in [3.8, 4) is 0 Å². The molecule has 0 fully saturated rings. The van der Waals surface area contributed by atoms with E-state index in [1.54, 1.807) is 0 Å². The van der Waals surface area contributed by atoms with Gasteiger partial charge in [0.05, 0.1) is 11.4 Å². The molecule has 0 saturated carbocycles. The van der Waals surface area contributed by atoms with Crippen molar-refractivity contribution in [3.05, 3.63) is 23.8 Å². The Morgan fingerprint density at radius 1 is 1.47 bits per heavy atom. The van der Waals surface area contributed by atoms with Gasteiger partial charge in [-0.25, -0.2) is 0 Å². The Labute approximate surface area is 96.6 Å². The van der Waals surface area contributed by atoms with Gasteiger partial charge in [0, 0.05) is 11.8 Å². The van der Waals surface area contributed by atoms with Gasteiger partial charge in [0.1, 0.15) is 0 Å². The largest absolute Gasteiger partial charge is 0.397 e. The number of aryl methyl sites for hydroxylation is 1. The minimum Gasteiger partial charge on any atom is -0.397 e. The van der Waals surface area contributed by atoms with Gasteiger partial charge in [-0.1, -0.05) is 19.1 Å². The fourth-order valence-corrected chi connectivity index (χ4v) is 2.08. The molecule has 0 radical (unpaired) electrons. The maximum Gasteiger partial charge on any atom is 0.0579 e. The lowest BCUT2D eigenvalue weighted by atomic mass is 10.1. The molecule has 0 aliphatic rings. The standard InChI is InChI=1S/C12H20N2S/c1-4-15-8-10(3)14-11-7-5-6-9(2)12(11)13/h5-7,10,14H,4,8,13H2,1-3H3. The van der Waals surface area contributed by atoms with Crippen molar-refractivity contribution < 1.29 is 0 Å². The zero-order chi connectivity index (χ0) is 11.3. The van der Waals surface area contributed by atoms with Gasteiger partial charge in [-0.2, -0.15) is 11.8 Å². The normalized spacial score (nSPS) is 12.5. The first kappa shape index (κ1) is 12.2. The molecule has 3 heteroatoms. The smallest absolute Gasteiger partial charge is 0.0579 e. The Kier molecular flexibility index (Phi) is 4.82. The van der Waals surface area contributed by atoms with Gasteiger partial charge in [0.25, 0.3) is 0 Å². The average molecular weight is 224 g/mol. The van der Waals surface area contributed by atoms with Crippen LogP contribution in [0.1, 0.15) is 19.4 Å². The van der Waals surface area contributed by atoms with Crippen molar-refractivity contribution in [1.82, 2.24) is 0 Å². The van der Waals surface area contributed by atoms with Gasteiger partial charge >= 0.3 is 0 Å². The lowest BCUT2D eigenvalue weighted by Crippen LogP contribution is -2.19. The summed E-state index contributed by atoms with van der Waals surface area (Å²) in [6.45, 7) is 6.40. The minimum absolute atomic E-state index is 0.457. The maximum absolute atomic E-state index is 5.99. The third-order valence-corrected chi connectivity index (χ3v) is 3.44. The molecule has 0 heterocycles.